The largest absolute Gasteiger partial charge is 0.481 e. The van der Waals surface area contributed by atoms with Crippen molar-refractivity contribution >= 4 is 29.8 Å². The lowest BCUT2D eigenvalue weighted by Crippen LogP contribution is -2.68. The summed E-state index contributed by atoms with van der Waals surface area (Å²) in [5.41, 5.74) is -1.12. The molecule has 1 aromatic carbocycles. The first kappa shape index (κ1) is 45.4. The maximum absolute atomic E-state index is 15.1. The number of carboxylic acid groups (broad SMARTS) is 1. The molecular weight excluding hydrogens is 782 g/mol. The van der Waals surface area contributed by atoms with E-state index in [1.807, 2.05) is 4.90 Å². The molecule has 6 aliphatic rings. The van der Waals surface area contributed by atoms with E-state index in [1.54, 1.807) is 24.8 Å². The van der Waals surface area contributed by atoms with Crippen LogP contribution in [0.1, 0.15) is 137 Å². The van der Waals surface area contributed by atoms with Crippen molar-refractivity contribution in [3.8, 4) is 0 Å². The third-order valence-electron chi connectivity index (χ3n) is 18.4. The Morgan fingerprint density at radius 3 is 2.16 bits per heavy atom. The second-order valence-electron chi connectivity index (χ2n) is 22.1. The molecule has 5 aliphatic carbocycles. The van der Waals surface area contributed by atoms with Crippen LogP contribution >= 0.6 is 0 Å². The summed E-state index contributed by atoms with van der Waals surface area (Å²) < 4.78 is 45.9. The first-order chi connectivity index (χ1) is 28.3. The molecule has 336 valence electrons. The number of carboxylic acids is 1. The number of nitrogens with zero attached hydrogens (tertiary/aromatic N) is 2. The number of carbonyl (C=O) groups excluding carboxylic acids is 3. The number of amides is 2. The minimum atomic E-state index is -4.46. The zero-order chi connectivity index (χ0) is 44.7. The quantitative estimate of drug-likeness (QED) is 0.159. The van der Waals surface area contributed by atoms with Crippen LogP contribution in [0.15, 0.2) is 42.5 Å². The minimum Gasteiger partial charge on any atom is -0.481 e. The van der Waals surface area contributed by atoms with Crippen molar-refractivity contribution in [3.63, 3.8) is 0 Å². The Morgan fingerprint density at radius 2 is 1.52 bits per heavy atom. The van der Waals surface area contributed by atoms with E-state index in [2.05, 4.69) is 48.1 Å². The molecule has 1 heterocycles. The summed E-state index contributed by atoms with van der Waals surface area (Å²) in [5.74, 6) is 0.138. The summed E-state index contributed by atoms with van der Waals surface area (Å²) in [6.07, 6.45) is 7.46. The number of carbonyl (C=O) groups is 4. The van der Waals surface area contributed by atoms with Crippen molar-refractivity contribution in [2.24, 2.45) is 62.1 Å². The molecule has 1 N–H and O–H groups in total. The van der Waals surface area contributed by atoms with Crippen LogP contribution in [-0.2, 0) is 30.1 Å². The summed E-state index contributed by atoms with van der Waals surface area (Å²) >= 11 is 0. The standard InChI is InChI=1S/C50H69F3N2O6/c1-31(2)34-17-22-49(42(58)55-27-25-54(26-28-55)39(56)16-13-32-11-10-12-33(29-32)50(51,52)53)24-23-47(8)35(41(34)49)14-15-37-46(7)20-19-38(61-40(57)30-44(3,4)43(59)60)45(5,6)36(46)18-21-48(37,47)9/h10-13,16,29,34-38,41H,1,14-15,17-28,30H2,2-9H3,(H,59,60)/b16-13+/t34-,35+,36-,37+,38-,41+,46-,47+,48+,49-/m0/s1. The van der Waals surface area contributed by atoms with E-state index in [-0.39, 0.29) is 57.8 Å². The lowest BCUT2D eigenvalue weighted by molar-refractivity contribution is -0.250. The van der Waals surface area contributed by atoms with Gasteiger partial charge in [-0.3, -0.25) is 19.2 Å². The summed E-state index contributed by atoms with van der Waals surface area (Å²) in [6, 6.07) is 4.92. The van der Waals surface area contributed by atoms with Gasteiger partial charge in [-0.2, -0.15) is 13.2 Å². The van der Waals surface area contributed by atoms with Gasteiger partial charge >= 0.3 is 18.1 Å². The molecule has 1 saturated heterocycles. The summed E-state index contributed by atoms with van der Waals surface area (Å²) in [7, 11) is 0. The smallest absolute Gasteiger partial charge is 0.416 e. The number of esters is 1. The van der Waals surface area contributed by atoms with Crippen molar-refractivity contribution in [3.05, 3.63) is 53.6 Å². The Morgan fingerprint density at radius 1 is 0.852 bits per heavy atom. The van der Waals surface area contributed by atoms with Crippen molar-refractivity contribution in [2.45, 2.75) is 138 Å². The molecule has 61 heavy (non-hydrogen) atoms. The number of aliphatic carboxylic acids is 1. The summed E-state index contributed by atoms with van der Waals surface area (Å²) in [6.45, 7) is 23.5. The molecule has 0 unspecified atom stereocenters. The maximum atomic E-state index is 15.1. The van der Waals surface area contributed by atoms with Crippen LogP contribution < -0.4 is 0 Å². The van der Waals surface area contributed by atoms with Gasteiger partial charge in [0.2, 0.25) is 11.8 Å². The van der Waals surface area contributed by atoms with Crippen molar-refractivity contribution in [1.82, 2.24) is 9.80 Å². The third-order valence-corrected chi connectivity index (χ3v) is 18.4. The molecule has 0 aromatic heterocycles. The minimum absolute atomic E-state index is 0.0172. The molecule has 10 atom stereocenters. The number of piperazine rings is 1. The van der Waals surface area contributed by atoms with Gasteiger partial charge in [-0.25, -0.2) is 0 Å². The molecule has 7 rings (SSSR count). The summed E-state index contributed by atoms with van der Waals surface area (Å²) in [4.78, 5) is 56.9. The van der Waals surface area contributed by atoms with Gasteiger partial charge in [0.1, 0.15) is 6.10 Å². The van der Waals surface area contributed by atoms with Crippen LogP contribution in [-0.4, -0.2) is 70.9 Å². The fourth-order valence-corrected chi connectivity index (χ4v) is 14.9. The lowest BCUT2D eigenvalue weighted by Gasteiger charge is -2.73. The van der Waals surface area contributed by atoms with E-state index in [0.29, 0.717) is 49.5 Å². The van der Waals surface area contributed by atoms with Crippen LogP contribution in [0.4, 0.5) is 13.2 Å². The molecular formula is C50H69F3N2O6. The zero-order valence-corrected chi connectivity index (χ0v) is 37.8. The number of benzene rings is 1. The molecule has 0 radical (unpaired) electrons. The normalized spacial score (nSPS) is 37.2. The van der Waals surface area contributed by atoms with Gasteiger partial charge in [0.05, 0.1) is 22.8 Å². The SMILES string of the molecule is C=C(C)[C@@H]1CC[C@]2(C(=O)N3CCN(C(=O)/C=C/c4cccc(C(F)(F)F)c4)CC3)CC[C@]3(C)[C@H](CC[C@@H]4[C@@]5(C)CC[C@H](OC(=O)CC(C)(C)C(=O)O)C(C)(C)[C@@H]5CC[C@]43C)[C@@H]12. The highest BCUT2D eigenvalue weighted by molar-refractivity contribution is 5.92. The number of hydrogen-bond acceptors (Lipinski definition) is 5. The Balaban J connectivity index is 1.06. The van der Waals surface area contributed by atoms with Crippen molar-refractivity contribution in [1.29, 1.82) is 0 Å². The first-order valence-electron chi connectivity index (χ1n) is 22.8. The van der Waals surface area contributed by atoms with Crippen LogP contribution in [0.3, 0.4) is 0 Å². The predicted octanol–water partition coefficient (Wildman–Crippen LogP) is 10.5. The number of hydrogen-bond donors (Lipinski definition) is 1. The average Bonchev–Trinajstić information content (AvgIpc) is 3.59. The van der Waals surface area contributed by atoms with Crippen LogP contribution in [0.25, 0.3) is 6.08 Å². The van der Waals surface area contributed by atoms with Gasteiger partial charge in [0, 0.05) is 37.7 Å². The highest BCUT2D eigenvalue weighted by Crippen LogP contribution is 2.77. The molecule has 11 heteroatoms. The van der Waals surface area contributed by atoms with Gasteiger partial charge < -0.3 is 19.6 Å². The number of allylic oxidation sites excluding steroid dienone is 1. The van der Waals surface area contributed by atoms with Crippen molar-refractivity contribution in [2.75, 3.05) is 26.2 Å². The average molecular weight is 851 g/mol. The number of alkyl halides is 3. The van der Waals surface area contributed by atoms with Crippen LogP contribution in [0.5, 0.6) is 0 Å². The maximum Gasteiger partial charge on any atom is 0.416 e. The molecule has 2 amide bonds. The second kappa shape index (κ2) is 15.6. The molecule has 8 nitrogen and oxygen atoms in total. The number of fused-ring (bicyclic) bond motifs is 7. The van der Waals surface area contributed by atoms with Gasteiger partial charge in [0.15, 0.2) is 0 Å². The monoisotopic (exact) mass is 851 g/mol. The highest BCUT2D eigenvalue weighted by Gasteiger charge is 2.72. The van der Waals surface area contributed by atoms with E-state index in [1.165, 1.54) is 18.2 Å². The third kappa shape index (κ3) is 7.47. The molecule has 6 fully saturated rings. The Hall–Kier alpha value is -3.63. The molecule has 1 aliphatic heterocycles. The van der Waals surface area contributed by atoms with Crippen LogP contribution in [0, 0.1) is 62.1 Å². The molecule has 5 saturated carbocycles. The van der Waals surface area contributed by atoms with E-state index in [0.717, 1.165) is 81.9 Å². The summed E-state index contributed by atoms with van der Waals surface area (Å²) in [5, 5.41) is 9.64. The number of halogens is 3. The van der Waals surface area contributed by atoms with Crippen molar-refractivity contribution < 1.29 is 42.2 Å². The molecule has 0 spiro atoms. The van der Waals surface area contributed by atoms with E-state index in [9.17, 15) is 32.7 Å². The van der Waals surface area contributed by atoms with Crippen LogP contribution in [0.2, 0.25) is 0 Å². The van der Waals surface area contributed by atoms with E-state index < -0.39 is 34.5 Å². The number of rotatable bonds is 8. The Bertz CT molecular complexity index is 1970. The highest BCUT2D eigenvalue weighted by atomic mass is 19.4. The zero-order valence-electron chi connectivity index (χ0n) is 37.8. The Labute approximate surface area is 361 Å². The predicted molar refractivity (Wildman–Crippen MR) is 229 cm³/mol. The Kier molecular flexibility index (Phi) is 11.6. The second-order valence-corrected chi connectivity index (χ2v) is 22.1. The van der Waals surface area contributed by atoms with Gasteiger partial charge in [0.25, 0.3) is 0 Å². The first-order valence-corrected chi connectivity index (χ1v) is 22.8. The van der Waals surface area contributed by atoms with E-state index in [4.69, 9.17) is 4.74 Å². The topological polar surface area (TPSA) is 104 Å². The van der Waals surface area contributed by atoms with Gasteiger partial charge in [-0.15, -0.1) is 0 Å². The van der Waals surface area contributed by atoms with Gasteiger partial charge in [-0.1, -0.05) is 58.9 Å². The lowest BCUT2D eigenvalue weighted by atomic mass is 9.32. The fraction of sp³-hybridized carbons (Fsp3) is 0.720. The fourth-order valence-electron chi connectivity index (χ4n) is 14.9. The molecule has 1 aromatic rings. The van der Waals surface area contributed by atoms with Gasteiger partial charge in [-0.05, 0) is 155 Å². The molecule has 0 bridgehead atoms. The number of ether oxygens (including phenoxy) is 1. The van der Waals surface area contributed by atoms with E-state index >= 15 is 4.79 Å².